The zero-order chi connectivity index (χ0) is 23.3. The van der Waals surface area contributed by atoms with Gasteiger partial charge in [-0.1, -0.05) is 18.2 Å². The molecule has 9 nitrogen and oxygen atoms in total. The SMILES string of the molecule is COc1ccc(CCNC(=O)C2CCN(S(=O)(=O)c3cc([N+](=O)[O-])ccc3C)CC2)cc1. The Balaban J connectivity index is 1.54. The predicted octanol–water partition coefficient (Wildman–Crippen LogP) is 2.67. The van der Waals surface area contributed by atoms with Crippen molar-refractivity contribution in [2.45, 2.75) is 31.1 Å². The Morgan fingerprint density at radius 3 is 2.44 bits per heavy atom. The minimum absolute atomic E-state index is 0.0610. The van der Waals surface area contributed by atoms with Crippen LogP contribution in [0.4, 0.5) is 5.69 Å². The summed E-state index contributed by atoms with van der Waals surface area (Å²) in [6.07, 6.45) is 1.50. The van der Waals surface area contributed by atoms with Crippen LogP contribution in [0.25, 0.3) is 0 Å². The molecule has 1 aliphatic rings. The molecule has 1 heterocycles. The van der Waals surface area contributed by atoms with E-state index in [1.165, 1.54) is 16.4 Å². The minimum atomic E-state index is -3.87. The lowest BCUT2D eigenvalue weighted by Gasteiger charge is -2.30. The van der Waals surface area contributed by atoms with Crippen molar-refractivity contribution in [2.24, 2.45) is 5.92 Å². The Morgan fingerprint density at radius 1 is 1.19 bits per heavy atom. The number of non-ortho nitro benzene ring substituents is 1. The number of hydrogen-bond acceptors (Lipinski definition) is 6. The molecule has 172 valence electrons. The van der Waals surface area contributed by atoms with Crippen LogP contribution in [0.15, 0.2) is 47.4 Å². The molecule has 3 rings (SSSR count). The molecule has 0 atom stereocenters. The van der Waals surface area contributed by atoms with Gasteiger partial charge in [-0.2, -0.15) is 4.31 Å². The molecule has 0 unspecified atom stereocenters. The van der Waals surface area contributed by atoms with Gasteiger partial charge in [-0.05, 0) is 49.4 Å². The number of nitro benzene ring substituents is 1. The number of piperidine rings is 1. The van der Waals surface area contributed by atoms with Crippen LogP contribution in [-0.2, 0) is 21.2 Å². The maximum Gasteiger partial charge on any atom is 0.270 e. The van der Waals surface area contributed by atoms with E-state index in [4.69, 9.17) is 4.74 Å². The number of carbonyl (C=O) groups excluding carboxylic acids is 1. The van der Waals surface area contributed by atoms with Gasteiger partial charge in [-0.15, -0.1) is 0 Å². The number of ether oxygens (including phenoxy) is 1. The second-order valence-electron chi connectivity index (χ2n) is 7.77. The van der Waals surface area contributed by atoms with E-state index in [1.807, 2.05) is 24.3 Å². The van der Waals surface area contributed by atoms with E-state index in [1.54, 1.807) is 14.0 Å². The van der Waals surface area contributed by atoms with Crippen molar-refractivity contribution in [3.05, 3.63) is 63.7 Å². The molecule has 1 aliphatic heterocycles. The largest absolute Gasteiger partial charge is 0.497 e. The lowest BCUT2D eigenvalue weighted by molar-refractivity contribution is -0.385. The molecule has 0 bridgehead atoms. The van der Waals surface area contributed by atoms with Gasteiger partial charge in [0.05, 0.1) is 16.9 Å². The summed E-state index contributed by atoms with van der Waals surface area (Å²) in [4.78, 5) is 22.9. The Hall–Kier alpha value is -2.98. The first-order chi connectivity index (χ1) is 15.2. The lowest BCUT2D eigenvalue weighted by Crippen LogP contribution is -2.43. The molecule has 0 aliphatic carbocycles. The van der Waals surface area contributed by atoms with Crippen LogP contribution in [0.3, 0.4) is 0 Å². The highest BCUT2D eigenvalue weighted by Gasteiger charge is 2.33. The van der Waals surface area contributed by atoms with Crippen molar-refractivity contribution in [3.8, 4) is 5.75 Å². The van der Waals surface area contributed by atoms with Gasteiger partial charge in [0.15, 0.2) is 0 Å². The molecule has 1 N–H and O–H groups in total. The zero-order valence-electron chi connectivity index (χ0n) is 18.1. The molecule has 0 aromatic heterocycles. The number of hydrogen-bond donors (Lipinski definition) is 1. The number of rotatable bonds is 8. The second kappa shape index (κ2) is 10.1. The fraction of sp³-hybridized carbons (Fsp3) is 0.409. The normalized spacial score (nSPS) is 15.3. The fourth-order valence-electron chi connectivity index (χ4n) is 3.74. The Kier molecular flexibility index (Phi) is 7.47. The van der Waals surface area contributed by atoms with E-state index in [2.05, 4.69) is 5.32 Å². The number of benzene rings is 2. The van der Waals surface area contributed by atoms with Gasteiger partial charge < -0.3 is 10.1 Å². The van der Waals surface area contributed by atoms with Crippen molar-refractivity contribution in [2.75, 3.05) is 26.7 Å². The topological polar surface area (TPSA) is 119 Å². The maximum absolute atomic E-state index is 13.0. The second-order valence-corrected chi connectivity index (χ2v) is 9.68. The van der Waals surface area contributed by atoms with Crippen LogP contribution in [-0.4, -0.2) is 50.3 Å². The van der Waals surface area contributed by atoms with Crippen LogP contribution < -0.4 is 10.1 Å². The van der Waals surface area contributed by atoms with E-state index in [0.29, 0.717) is 31.4 Å². The molecular weight excluding hydrogens is 434 g/mol. The summed E-state index contributed by atoms with van der Waals surface area (Å²) in [6.45, 7) is 2.50. The van der Waals surface area contributed by atoms with Gasteiger partial charge in [0, 0.05) is 37.7 Å². The monoisotopic (exact) mass is 461 g/mol. The van der Waals surface area contributed by atoms with E-state index in [0.717, 1.165) is 17.4 Å². The van der Waals surface area contributed by atoms with E-state index < -0.39 is 14.9 Å². The number of sulfonamides is 1. The number of nitrogens with one attached hydrogen (secondary N) is 1. The van der Waals surface area contributed by atoms with Crippen molar-refractivity contribution in [1.82, 2.24) is 9.62 Å². The van der Waals surface area contributed by atoms with E-state index in [-0.39, 0.29) is 35.5 Å². The Labute approximate surface area is 187 Å². The number of amides is 1. The number of nitrogens with zero attached hydrogens (tertiary/aromatic N) is 2. The molecule has 0 saturated carbocycles. The summed E-state index contributed by atoms with van der Waals surface area (Å²) in [5.41, 5.74) is 1.27. The van der Waals surface area contributed by atoms with Gasteiger partial charge in [-0.25, -0.2) is 8.42 Å². The molecule has 1 amide bonds. The van der Waals surface area contributed by atoms with Gasteiger partial charge in [0.2, 0.25) is 15.9 Å². The fourth-order valence-corrected chi connectivity index (χ4v) is 5.46. The average molecular weight is 462 g/mol. The Morgan fingerprint density at radius 2 is 1.84 bits per heavy atom. The molecule has 0 radical (unpaired) electrons. The van der Waals surface area contributed by atoms with Gasteiger partial charge in [0.1, 0.15) is 5.75 Å². The zero-order valence-corrected chi connectivity index (χ0v) is 18.9. The summed E-state index contributed by atoms with van der Waals surface area (Å²) in [7, 11) is -2.26. The highest BCUT2D eigenvalue weighted by atomic mass is 32.2. The van der Waals surface area contributed by atoms with Crippen LogP contribution in [0.5, 0.6) is 5.75 Å². The molecule has 1 fully saturated rings. The van der Waals surface area contributed by atoms with Crippen LogP contribution in [0.1, 0.15) is 24.0 Å². The summed E-state index contributed by atoms with van der Waals surface area (Å²) < 4.78 is 32.5. The first-order valence-corrected chi connectivity index (χ1v) is 11.8. The summed E-state index contributed by atoms with van der Waals surface area (Å²) in [6, 6.07) is 11.5. The molecule has 32 heavy (non-hydrogen) atoms. The van der Waals surface area contributed by atoms with E-state index in [9.17, 15) is 23.3 Å². The number of methoxy groups -OCH3 is 1. The number of nitro groups is 1. The van der Waals surface area contributed by atoms with Crippen LogP contribution in [0.2, 0.25) is 0 Å². The molecular formula is C22H27N3O6S. The minimum Gasteiger partial charge on any atom is -0.497 e. The lowest BCUT2D eigenvalue weighted by atomic mass is 9.97. The van der Waals surface area contributed by atoms with Crippen molar-refractivity contribution >= 4 is 21.6 Å². The molecule has 0 spiro atoms. The molecule has 1 saturated heterocycles. The van der Waals surface area contributed by atoms with Crippen molar-refractivity contribution in [1.29, 1.82) is 0 Å². The number of aryl methyl sites for hydroxylation is 1. The summed E-state index contributed by atoms with van der Waals surface area (Å²) in [5, 5.41) is 14.0. The summed E-state index contributed by atoms with van der Waals surface area (Å²) in [5.74, 6) is 0.436. The highest BCUT2D eigenvalue weighted by molar-refractivity contribution is 7.89. The predicted molar refractivity (Wildman–Crippen MR) is 119 cm³/mol. The van der Waals surface area contributed by atoms with Crippen LogP contribution in [0, 0.1) is 23.0 Å². The van der Waals surface area contributed by atoms with Gasteiger partial charge in [0.25, 0.3) is 5.69 Å². The third-order valence-electron chi connectivity index (χ3n) is 5.70. The standard InChI is InChI=1S/C22H27N3O6S/c1-16-3-6-19(25(27)28)15-21(16)32(29,30)24-13-10-18(11-14-24)22(26)23-12-9-17-4-7-20(31-2)8-5-17/h3-8,15,18H,9-14H2,1-2H3,(H,23,26). The first kappa shape index (κ1) is 23.7. The molecule has 2 aromatic carbocycles. The molecule has 2 aromatic rings. The third kappa shape index (κ3) is 5.43. The number of carbonyl (C=O) groups is 1. The van der Waals surface area contributed by atoms with Crippen LogP contribution >= 0.6 is 0 Å². The van der Waals surface area contributed by atoms with Gasteiger partial charge >= 0.3 is 0 Å². The van der Waals surface area contributed by atoms with E-state index >= 15 is 0 Å². The maximum atomic E-state index is 13.0. The first-order valence-electron chi connectivity index (χ1n) is 10.4. The average Bonchev–Trinajstić information content (AvgIpc) is 2.79. The smallest absolute Gasteiger partial charge is 0.270 e. The highest BCUT2D eigenvalue weighted by Crippen LogP contribution is 2.28. The molecule has 10 heteroatoms. The quantitative estimate of drug-likeness (QED) is 0.477. The third-order valence-corrected chi connectivity index (χ3v) is 7.74. The van der Waals surface area contributed by atoms with Crippen molar-refractivity contribution in [3.63, 3.8) is 0 Å². The van der Waals surface area contributed by atoms with Gasteiger partial charge in [-0.3, -0.25) is 14.9 Å². The Bertz CT molecular complexity index is 1080. The summed E-state index contributed by atoms with van der Waals surface area (Å²) >= 11 is 0. The van der Waals surface area contributed by atoms with Crippen molar-refractivity contribution < 1.29 is 22.9 Å².